The van der Waals surface area contributed by atoms with E-state index in [-0.39, 0.29) is 11.7 Å². The number of allylic oxidation sites excluding steroid dienone is 2. The predicted octanol–water partition coefficient (Wildman–Crippen LogP) is 1.68. The van der Waals surface area contributed by atoms with Crippen LogP contribution in [0.3, 0.4) is 0 Å². The van der Waals surface area contributed by atoms with Crippen LogP contribution >= 0.6 is 0 Å². The molecule has 0 aliphatic heterocycles. The van der Waals surface area contributed by atoms with E-state index in [1.165, 1.54) is 0 Å². The number of carbonyl (C=O) groups is 1. The van der Waals surface area contributed by atoms with Crippen LogP contribution in [-0.2, 0) is 4.79 Å². The number of ketones is 1. The van der Waals surface area contributed by atoms with E-state index in [1.807, 2.05) is 6.92 Å². The van der Waals surface area contributed by atoms with Gasteiger partial charge in [0.05, 0.1) is 11.5 Å². The van der Waals surface area contributed by atoms with E-state index < -0.39 is 5.60 Å². The van der Waals surface area contributed by atoms with E-state index in [9.17, 15) is 9.90 Å². The van der Waals surface area contributed by atoms with Gasteiger partial charge in [0, 0.05) is 0 Å². The molecule has 68 valence electrons. The number of carbonyl (C=O) groups excluding carboxylic acids is 1. The molecule has 1 aliphatic rings. The molecule has 0 heterocycles. The molecular weight excluding hydrogens is 152 g/mol. The van der Waals surface area contributed by atoms with Crippen molar-refractivity contribution >= 4 is 5.78 Å². The van der Waals surface area contributed by atoms with Crippen LogP contribution in [0.2, 0.25) is 0 Å². The SMILES string of the molecule is CC1=CC(=O)C(C(C)(C)O)CC1. The zero-order valence-electron chi connectivity index (χ0n) is 7.92. The predicted molar refractivity (Wildman–Crippen MR) is 47.8 cm³/mol. The Morgan fingerprint density at radius 1 is 1.58 bits per heavy atom. The summed E-state index contributed by atoms with van der Waals surface area (Å²) < 4.78 is 0. The second-order valence-electron chi connectivity index (χ2n) is 4.14. The highest BCUT2D eigenvalue weighted by Crippen LogP contribution is 2.28. The summed E-state index contributed by atoms with van der Waals surface area (Å²) in [5, 5.41) is 9.65. The maximum Gasteiger partial charge on any atom is 0.161 e. The maximum atomic E-state index is 11.4. The lowest BCUT2D eigenvalue weighted by Crippen LogP contribution is -2.37. The molecule has 0 amide bonds. The van der Waals surface area contributed by atoms with Crippen molar-refractivity contribution in [2.45, 2.75) is 39.2 Å². The Morgan fingerprint density at radius 2 is 2.17 bits per heavy atom. The van der Waals surface area contributed by atoms with Gasteiger partial charge < -0.3 is 5.11 Å². The van der Waals surface area contributed by atoms with Gasteiger partial charge in [0.1, 0.15) is 0 Å². The number of hydrogen-bond acceptors (Lipinski definition) is 2. The first kappa shape index (κ1) is 9.46. The molecule has 0 aromatic heterocycles. The van der Waals surface area contributed by atoms with Gasteiger partial charge in [-0.2, -0.15) is 0 Å². The molecular formula is C10H16O2. The van der Waals surface area contributed by atoms with E-state index in [0.29, 0.717) is 0 Å². The van der Waals surface area contributed by atoms with Gasteiger partial charge in [0.2, 0.25) is 0 Å². The molecule has 0 spiro atoms. The third kappa shape index (κ3) is 1.95. The third-order valence-corrected chi connectivity index (χ3v) is 2.41. The lowest BCUT2D eigenvalue weighted by molar-refractivity contribution is -0.126. The molecule has 12 heavy (non-hydrogen) atoms. The molecule has 0 bridgehead atoms. The van der Waals surface area contributed by atoms with Crippen LogP contribution in [0, 0.1) is 5.92 Å². The highest BCUT2D eigenvalue weighted by Gasteiger charge is 2.33. The lowest BCUT2D eigenvalue weighted by Gasteiger charge is -2.29. The van der Waals surface area contributed by atoms with Crippen molar-refractivity contribution in [2.24, 2.45) is 5.92 Å². The molecule has 0 aromatic carbocycles. The Kier molecular flexibility index (Phi) is 2.38. The smallest absolute Gasteiger partial charge is 0.161 e. The monoisotopic (exact) mass is 168 g/mol. The average molecular weight is 168 g/mol. The zero-order valence-corrected chi connectivity index (χ0v) is 7.92. The molecule has 1 unspecified atom stereocenters. The third-order valence-electron chi connectivity index (χ3n) is 2.41. The van der Waals surface area contributed by atoms with Crippen LogP contribution in [-0.4, -0.2) is 16.5 Å². The van der Waals surface area contributed by atoms with Gasteiger partial charge in [-0.3, -0.25) is 4.79 Å². The highest BCUT2D eigenvalue weighted by molar-refractivity contribution is 5.93. The van der Waals surface area contributed by atoms with Gasteiger partial charge in [-0.1, -0.05) is 5.57 Å². The van der Waals surface area contributed by atoms with Crippen molar-refractivity contribution in [1.82, 2.24) is 0 Å². The van der Waals surface area contributed by atoms with Crippen LogP contribution in [0.5, 0.6) is 0 Å². The van der Waals surface area contributed by atoms with Gasteiger partial charge in [-0.15, -0.1) is 0 Å². The standard InChI is InChI=1S/C10H16O2/c1-7-4-5-8(9(11)6-7)10(2,3)12/h6,8,12H,4-5H2,1-3H3. The number of rotatable bonds is 1. The molecule has 1 aliphatic carbocycles. The Bertz CT molecular complexity index is 220. The largest absolute Gasteiger partial charge is 0.390 e. The Balaban J connectivity index is 2.79. The van der Waals surface area contributed by atoms with Crippen LogP contribution < -0.4 is 0 Å². The maximum absolute atomic E-state index is 11.4. The van der Waals surface area contributed by atoms with Crippen LogP contribution in [0.15, 0.2) is 11.6 Å². The molecule has 2 nitrogen and oxygen atoms in total. The molecule has 0 saturated carbocycles. The molecule has 0 radical (unpaired) electrons. The Labute approximate surface area is 73.3 Å². The van der Waals surface area contributed by atoms with Gasteiger partial charge in [0.25, 0.3) is 0 Å². The van der Waals surface area contributed by atoms with E-state index in [2.05, 4.69) is 0 Å². The fourth-order valence-corrected chi connectivity index (χ4v) is 1.63. The summed E-state index contributed by atoms with van der Waals surface area (Å²) in [6.45, 7) is 5.35. The minimum atomic E-state index is -0.867. The Morgan fingerprint density at radius 3 is 2.58 bits per heavy atom. The first-order valence-corrected chi connectivity index (χ1v) is 4.34. The summed E-state index contributed by atoms with van der Waals surface area (Å²) >= 11 is 0. The molecule has 2 heteroatoms. The molecule has 1 rings (SSSR count). The molecule has 1 atom stereocenters. The van der Waals surface area contributed by atoms with E-state index in [0.717, 1.165) is 18.4 Å². The van der Waals surface area contributed by atoms with Crippen LogP contribution in [0.1, 0.15) is 33.6 Å². The van der Waals surface area contributed by atoms with Crippen molar-refractivity contribution in [1.29, 1.82) is 0 Å². The fourth-order valence-electron chi connectivity index (χ4n) is 1.63. The molecule has 0 aromatic rings. The molecule has 0 fully saturated rings. The molecule has 1 N–H and O–H groups in total. The summed E-state index contributed by atoms with van der Waals surface area (Å²) in [4.78, 5) is 11.4. The molecule has 0 saturated heterocycles. The number of hydrogen-bond donors (Lipinski definition) is 1. The van der Waals surface area contributed by atoms with Gasteiger partial charge in [-0.05, 0) is 39.7 Å². The van der Waals surface area contributed by atoms with Crippen LogP contribution in [0.4, 0.5) is 0 Å². The van der Waals surface area contributed by atoms with Gasteiger partial charge in [-0.25, -0.2) is 0 Å². The summed E-state index contributed by atoms with van der Waals surface area (Å²) in [6, 6.07) is 0. The van der Waals surface area contributed by atoms with Crippen molar-refractivity contribution in [3.05, 3.63) is 11.6 Å². The lowest BCUT2D eigenvalue weighted by atomic mass is 9.79. The van der Waals surface area contributed by atoms with E-state index in [4.69, 9.17) is 0 Å². The second-order valence-corrected chi connectivity index (χ2v) is 4.14. The Hall–Kier alpha value is -0.630. The van der Waals surface area contributed by atoms with Crippen LogP contribution in [0.25, 0.3) is 0 Å². The minimum Gasteiger partial charge on any atom is -0.390 e. The van der Waals surface area contributed by atoms with Gasteiger partial charge in [0.15, 0.2) is 5.78 Å². The highest BCUT2D eigenvalue weighted by atomic mass is 16.3. The first-order valence-electron chi connectivity index (χ1n) is 4.34. The topological polar surface area (TPSA) is 37.3 Å². The van der Waals surface area contributed by atoms with E-state index >= 15 is 0 Å². The second kappa shape index (κ2) is 3.02. The summed E-state index contributed by atoms with van der Waals surface area (Å²) in [5.41, 5.74) is 0.259. The van der Waals surface area contributed by atoms with E-state index in [1.54, 1.807) is 19.9 Å². The minimum absolute atomic E-state index is 0.0752. The van der Waals surface area contributed by atoms with Gasteiger partial charge >= 0.3 is 0 Å². The quantitative estimate of drug-likeness (QED) is 0.646. The summed E-state index contributed by atoms with van der Waals surface area (Å²) in [5.74, 6) is -0.132. The van der Waals surface area contributed by atoms with Crippen molar-refractivity contribution in [3.8, 4) is 0 Å². The normalized spacial score (nSPS) is 25.5. The number of aliphatic hydroxyl groups is 1. The van der Waals surface area contributed by atoms with Crippen molar-refractivity contribution < 1.29 is 9.90 Å². The van der Waals surface area contributed by atoms with Crippen molar-refractivity contribution in [3.63, 3.8) is 0 Å². The fraction of sp³-hybridized carbons (Fsp3) is 0.700. The summed E-state index contributed by atoms with van der Waals surface area (Å²) in [6.07, 6.45) is 3.37. The van der Waals surface area contributed by atoms with Crippen molar-refractivity contribution in [2.75, 3.05) is 0 Å². The summed E-state index contributed by atoms with van der Waals surface area (Å²) in [7, 11) is 0. The zero-order chi connectivity index (χ0) is 9.35. The average Bonchev–Trinajstić information content (AvgIpc) is 1.83. The first-order chi connectivity index (χ1) is 5.41.